The topological polar surface area (TPSA) is 92.7 Å². The lowest BCUT2D eigenvalue weighted by atomic mass is 10.0. The molecular weight excluding hydrogens is 412 g/mol. The van der Waals surface area contributed by atoms with Crippen LogP contribution in [-0.4, -0.2) is 35.6 Å². The lowest BCUT2D eigenvalue weighted by Crippen LogP contribution is -2.43. The van der Waals surface area contributed by atoms with Crippen LogP contribution in [-0.2, 0) is 26.7 Å². The van der Waals surface area contributed by atoms with E-state index in [-0.39, 0.29) is 24.8 Å². The van der Waals surface area contributed by atoms with Crippen LogP contribution < -0.4 is 5.32 Å². The number of benzene rings is 1. The van der Waals surface area contributed by atoms with E-state index in [0.29, 0.717) is 0 Å². The van der Waals surface area contributed by atoms with Crippen molar-refractivity contribution in [1.82, 2.24) is 5.32 Å². The van der Waals surface area contributed by atoms with Crippen LogP contribution >= 0.6 is 0 Å². The first-order valence-electron chi connectivity index (χ1n) is 8.16. The van der Waals surface area contributed by atoms with Crippen LogP contribution in [0, 0.1) is 5.92 Å². The largest absolute Gasteiger partial charge is 0.480 e. The third-order valence-electron chi connectivity index (χ3n) is 3.73. The number of halogens is 6. The zero-order valence-corrected chi connectivity index (χ0v) is 15.1. The Hall–Kier alpha value is -2.79. The van der Waals surface area contributed by atoms with Crippen molar-refractivity contribution in [3.05, 3.63) is 34.9 Å². The molecule has 0 aliphatic carbocycles. The van der Waals surface area contributed by atoms with Crippen LogP contribution in [0.15, 0.2) is 18.2 Å². The molecule has 0 saturated heterocycles. The Morgan fingerprint density at radius 2 is 1.52 bits per heavy atom. The maximum Gasteiger partial charge on any atom is 0.416 e. The van der Waals surface area contributed by atoms with Gasteiger partial charge in [-0.15, -0.1) is 0 Å². The van der Waals surface area contributed by atoms with Crippen molar-refractivity contribution in [2.24, 2.45) is 5.92 Å². The molecule has 2 N–H and O–H groups in total. The molecule has 0 fully saturated rings. The maximum absolute atomic E-state index is 12.9. The smallest absolute Gasteiger partial charge is 0.416 e. The zero-order valence-electron chi connectivity index (χ0n) is 15.1. The number of amides is 1. The van der Waals surface area contributed by atoms with E-state index in [0.717, 1.165) is 0 Å². The number of esters is 1. The summed E-state index contributed by atoms with van der Waals surface area (Å²) in [4.78, 5) is 35.1. The summed E-state index contributed by atoms with van der Waals surface area (Å²) < 4.78 is 82.0. The maximum atomic E-state index is 12.9. The standard InChI is InChI=1S/C17H17F6NO5/c1-3-29-15(28)8(2)4-12(14(26)27)24-13(25)9-5-10(16(18,19)20)7-11(6-9)17(21,22)23/h5-8,12H,3-4H2,1-2H3,(H,24,25)(H,26,27)/t8-,12-/m1/s1. The number of carboxylic acid groups (broad SMARTS) is 1. The van der Waals surface area contributed by atoms with Gasteiger partial charge in [-0.1, -0.05) is 6.92 Å². The normalized spacial score (nSPS) is 14.1. The molecule has 0 unspecified atom stereocenters. The average Bonchev–Trinajstić information content (AvgIpc) is 2.59. The number of hydrogen-bond donors (Lipinski definition) is 2. The lowest BCUT2D eigenvalue weighted by Gasteiger charge is -2.19. The molecule has 0 bridgehead atoms. The van der Waals surface area contributed by atoms with Crippen molar-refractivity contribution in [1.29, 1.82) is 0 Å². The molecule has 0 aliphatic rings. The molecule has 162 valence electrons. The van der Waals surface area contributed by atoms with E-state index >= 15 is 0 Å². The Kier molecular flexibility index (Phi) is 7.64. The third kappa shape index (κ3) is 6.95. The molecule has 29 heavy (non-hydrogen) atoms. The molecule has 0 saturated carbocycles. The summed E-state index contributed by atoms with van der Waals surface area (Å²) in [7, 11) is 0. The first kappa shape index (κ1) is 24.2. The van der Waals surface area contributed by atoms with Gasteiger partial charge in [0.1, 0.15) is 6.04 Å². The van der Waals surface area contributed by atoms with Gasteiger partial charge in [0.15, 0.2) is 0 Å². The third-order valence-corrected chi connectivity index (χ3v) is 3.73. The Balaban J connectivity index is 3.17. The van der Waals surface area contributed by atoms with E-state index in [4.69, 9.17) is 0 Å². The summed E-state index contributed by atoms with van der Waals surface area (Å²) in [6.45, 7) is 2.82. The number of alkyl halides is 6. The number of aliphatic carboxylic acids is 1. The number of nitrogens with one attached hydrogen (secondary N) is 1. The molecule has 1 amide bonds. The van der Waals surface area contributed by atoms with Crippen molar-refractivity contribution >= 4 is 17.8 Å². The Labute approximate surface area is 160 Å². The molecular formula is C17H17F6NO5. The van der Waals surface area contributed by atoms with Crippen molar-refractivity contribution in [3.8, 4) is 0 Å². The molecule has 2 atom stereocenters. The second-order valence-electron chi connectivity index (χ2n) is 6.05. The first-order valence-corrected chi connectivity index (χ1v) is 8.16. The molecule has 12 heteroatoms. The van der Waals surface area contributed by atoms with E-state index in [9.17, 15) is 45.8 Å². The van der Waals surface area contributed by atoms with E-state index in [2.05, 4.69) is 4.74 Å². The number of hydrogen-bond acceptors (Lipinski definition) is 4. The van der Waals surface area contributed by atoms with E-state index in [1.807, 2.05) is 5.32 Å². The van der Waals surface area contributed by atoms with Crippen molar-refractivity contribution < 1.29 is 50.6 Å². The van der Waals surface area contributed by atoms with Gasteiger partial charge < -0.3 is 15.2 Å². The summed E-state index contributed by atoms with van der Waals surface area (Å²) in [5.41, 5.74) is -4.46. The van der Waals surface area contributed by atoms with Gasteiger partial charge in [0, 0.05) is 5.56 Å². The Bertz CT molecular complexity index is 742. The minimum absolute atomic E-state index is 0.0116. The second-order valence-corrected chi connectivity index (χ2v) is 6.05. The van der Waals surface area contributed by atoms with Crippen molar-refractivity contribution in [3.63, 3.8) is 0 Å². The fourth-order valence-corrected chi connectivity index (χ4v) is 2.28. The summed E-state index contributed by atoms with van der Waals surface area (Å²) >= 11 is 0. The van der Waals surface area contributed by atoms with E-state index in [1.165, 1.54) is 13.8 Å². The predicted octanol–water partition coefficient (Wildman–Crippen LogP) is 3.50. The number of carbonyl (C=O) groups excluding carboxylic acids is 2. The number of ether oxygens (including phenoxy) is 1. The molecule has 0 aliphatic heterocycles. The summed E-state index contributed by atoms with van der Waals surface area (Å²) in [5, 5.41) is 11.0. The highest BCUT2D eigenvalue weighted by molar-refractivity contribution is 5.97. The van der Waals surface area contributed by atoms with Crippen LogP contribution in [0.4, 0.5) is 26.3 Å². The van der Waals surface area contributed by atoms with Crippen LogP contribution in [0.25, 0.3) is 0 Å². The zero-order chi connectivity index (χ0) is 22.6. The van der Waals surface area contributed by atoms with Crippen LogP contribution in [0.2, 0.25) is 0 Å². The summed E-state index contributed by atoms with van der Waals surface area (Å²) in [6, 6.07) is -1.55. The fourth-order valence-electron chi connectivity index (χ4n) is 2.28. The lowest BCUT2D eigenvalue weighted by molar-refractivity contribution is -0.149. The number of rotatable bonds is 7. The highest BCUT2D eigenvalue weighted by Crippen LogP contribution is 2.36. The van der Waals surface area contributed by atoms with Gasteiger partial charge >= 0.3 is 24.3 Å². The quantitative estimate of drug-likeness (QED) is 0.511. The van der Waals surface area contributed by atoms with Gasteiger partial charge in [0.05, 0.1) is 23.7 Å². The van der Waals surface area contributed by atoms with Gasteiger partial charge in [-0.3, -0.25) is 9.59 Å². The predicted molar refractivity (Wildman–Crippen MR) is 85.8 cm³/mol. The Morgan fingerprint density at radius 1 is 1.03 bits per heavy atom. The number of carboxylic acids is 1. The second kappa shape index (κ2) is 9.14. The fraction of sp³-hybridized carbons (Fsp3) is 0.471. The summed E-state index contributed by atoms with van der Waals surface area (Å²) in [5.74, 6) is -4.86. The van der Waals surface area contributed by atoms with Crippen LogP contribution in [0.1, 0.15) is 41.8 Å². The molecule has 1 aromatic rings. The highest BCUT2D eigenvalue weighted by atomic mass is 19.4. The average molecular weight is 429 g/mol. The molecule has 0 aromatic heterocycles. The minimum Gasteiger partial charge on any atom is -0.480 e. The van der Waals surface area contributed by atoms with E-state index in [1.54, 1.807) is 0 Å². The SMILES string of the molecule is CCOC(=O)[C@H](C)C[C@@H](NC(=O)c1cc(C(F)(F)F)cc(C(F)(F)F)c1)C(=O)O. The molecule has 0 heterocycles. The highest BCUT2D eigenvalue weighted by Gasteiger charge is 2.38. The first-order chi connectivity index (χ1) is 13.2. The molecule has 0 spiro atoms. The van der Waals surface area contributed by atoms with Gasteiger partial charge in [0.25, 0.3) is 5.91 Å². The van der Waals surface area contributed by atoms with Crippen molar-refractivity contribution in [2.45, 2.75) is 38.7 Å². The molecule has 6 nitrogen and oxygen atoms in total. The van der Waals surface area contributed by atoms with Gasteiger partial charge in [-0.05, 0) is 31.5 Å². The van der Waals surface area contributed by atoms with Gasteiger partial charge in [-0.2, -0.15) is 26.3 Å². The molecule has 0 radical (unpaired) electrons. The van der Waals surface area contributed by atoms with Crippen LogP contribution in [0.5, 0.6) is 0 Å². The Morgan fingerprint density at radius 3 is 1.90 bits per heavy atom. The minimum atomic E-state index is -5.17. The summed E-state index contributed by atoms with van der Waals surface area (Å²) in [6.07, 6.45) is -10.8. The van der Waals surface area contributed by atoms with Crippen LogP contribution in [0.3, 0.4) is 0 Å². The van der Waals surface area contributed by atoms with Gasteiger partial charge in [0.2, 0.25) is 0 Å². The molecule has 1 aromatic carbocycles. The molecule has 1 rings (SSSR count). The monoisotopic (exact) mass is 429 g/mol. The number of carbonyl (C=O) groups is 3. The van der Waals surface area contributed by atoms with E-state index < -0.39 is 65.3 Å². The van der Waals surface area contributed by atoms with Gasteiger partial charge in [-0.25, -0.2) is 4.79 Å². The van der Waals surface area contributed by atoms with Crippen molar-refractivity contribution in [2.75, 3.05) is 6.61 Å².